The van der Waals surface area contributed by atoms with Gasteiger partial charge in [0.05, 0.1) is 17.4 Å². The summed E-state index contributed by atoms with van der Waals surface area (Å²) in [6.07, 6.45) is 2.69. The summed E-state index contributed by atoms with van der Waals surface area (Å²) in [5, 5.41) is 31.4. The number of fused-ring (bicyclic) bond motifs is 3. The minimum atomic E-state index is -1.29. The molecule has 0 amide bonds. The van der Waals surface area contributed by atoms with Gasteiger partial charge in [0.1, 0.15) is 0 Å². The second-order valence-corrected chi connectivity index (χ2v) is 9.61. The topological polar surface area (TPSA) is 104 Å². The van der Waals surface area contributed by atoms with Crippen molar-refractivity contribution in [2.45, 2.75) is 57.8 Å². The van der Waals surface area contributed by atoms with Crippen molar-refractivity contribution in [3.63, 3.8) is 0 Å². The second-order valence-electron chi connectivity index (χ2n) is 9.61. The molecule has 2 saturated heterocycles. The fourth-order valence-corrected chi connectivity index (χ4v) is 8.30. The number of aliphatic carboxylic acids is 2. The highest BCUT2D eigenvalue weighted by atomic mass is 16.6. The molecule has 3 N–H and O–H groups in total. The van der Waals surface area contributed by atoms with E-state index in [1.165, 1.54) is 0 Å². The van der Waals surface area contributed by atoms with Gasteiger partial charge >= 0.3 is 11.9 Å². The number of hydrogen-bond acceptors (Lipinski definition) is 4. The highest BCUT2D eigenvalue weighted by molar-refractivity contribution is 5.80. The third kappa shape index (κ3) is 1.51. The molecule has 26 heavy (non-hydrogen) atoms. The molecule has 2 aliphatic heterocycles. The van der Waals surface area contributed by atoms with Crippen molar-refractivity contribution in [1.82, 2.24) is 0 Å². The molecule has 4 bridgehead atoms. The zero-order valence-electron chi connectivity index (χ0n) is 15.0. The van der Waals surface area contributed by atoms with Crippen LogP contribution in [0, 0.1) is 39.9 Å². The van der Waals surface area contributed by atoms with Gasteiger partial charge in [-0.3, -0.25) is 9.59 Å². The molecule has 6 nitrogen and oxygen atoms in total. The Bertz CT molecular complexity index is 732. The maximum atomic E-state index is 12.5. The first-order valence-electron chi connectivity index (χ1n) is 9.67. The third-order valence-electron chi connectivity index (χ3n) is 9.07. The lowest BCUT2D eigenvalue weighted by Gasteiger charge is -2.61. The number of rotatable bonds is 2. The molecule has 0 radical (unpaired) electrons. The van der Waals surface area contributed by atoms with Gasteiger partial charge in [-0.25, -0.2) is 0 Å². The van der Waals surface area contributed by atoms with Crippen molar-refractivity contribution >= 4 is 11.9 Å². The fraction of sp³-hybridized carbons (Fsp3) is 0.800. The normalized spacial score (nSPS) is 56.9. The van der Waals surface area contributed by atoms with Crippen molar-refractivity contribution in [2.24, 2.45) is 39.9 Å². The zero-order valence-corrected chi connectivity index (χ0v) is 15.0. The van der Waals surface area contributed by atoms with E-state index in [0.29, 0.717) is 25.2 Å². The Labute approximate surface area is 152 Å². The van der Waals surface area contributed by atoms with Crippen molar-refractivity contribution in [1.29, 1.82) is 0 Å². The van der Waals surface area contributed by atoms with E-state index in [2.05, 4.69) is 6.58 Å². The summed E-state index contributed by atoms with van der Waals surface area (Å²) in [4.78, 5) is 24.9. The first-order chi connectivity index (χ1) is 12.2. The predicted molar refractivity (Wildman–Crippen MR) is 89.9 cm³/mol. The highest BCUT2D eigenvalue weighted by Crippen LogP contribution is 2.80. The molecule has 6 rings (SSSR count). The number of aliphatic hydroxyl groups excluding tert-OH is 1. The summed E-state index contributed by atoms with van der Waals surface area (Å²) in [7, 11) is 0. The lowest BCUT2D eigenvalue weighted by Crippen LogP contribution is -2.68. The van der Waals surface area contributed by atoms with Crippen molar-refractivity contribution < 1.29 is 29.6 Å². The van der Waals surface area contributed by atoms with E-state index in [1.54, 1.807) is 6.92 Å². The Morgan fingerprint density at radius 2 is 1.96 bits per heavy atom. The maximum Gasteiger partial charge on any atom is 0.312 e. The standard InChI is InChI=1S/C20H26O6/c1-9-7-19-8-10(9)3-4-11(19)20-6-5-12(26-17(20)25)18(2,16(23)24)14(20)13(19)15(21)22/h10-14,17,25H,1,3-8H2,2H3,(H,21,22)(H,23,24)/t10-,11?,12-,13-,14?,17?,18-,19+,20-/m1/s1. The van der Waals surface area contributed by atoms with Crippen LogP contribution in [0.1, 0.15) is 45.4 Å². The van der Waals surface area contributed by atoms with E-state index in [1.807, 2.05) is 0 Å². The van der Waals surface area contributed by atoms with Gasteiger partial charge in [-0.15, -0.1) is 0 Å². The first-order valence-corrected chi connectivity index (χ1v) is 9.67. The van der Waals surface area contributed by atoms with Crippen molar-refractivity contribution in [2.75, 3.05) is 0 Å². The summed E-state index contributed by atoms with van der Waals surface area (Å²) in [6, 6.07) is 0. The van der Waals surface area contributed by atoms with Crippen molar-refractivity contribution in [3.05, 3.63) is 12.2 Å². The van der Waals surface area contributed by atoms with Gasteiger partial charge in [0.15, 0.2) is 6.29 Å². The Hall–Kier alpha value is -1.40. The van der Waals surface area contributed by atoms with Gasteiger partial charge in [-0.05, 0) is 62.7 Å². The molecule has 4 saturated carbocycles. The van der Waals surface area contributed by atoms with E-state index in [-0.39, 0.29) is 5.92 Å². The number of allylic oxidation sites excluding steroid dienone is 1. The lowest BCUT2D eigenvalue weighted by atomic mass is 9.49. The van der Waals surface area contributed by atoms with Crippen LogP contribution in [0.2, 0.25) is 0 Å². The van der Waals surface area contributed by atoms with E-state index >= 15 is 0 Å². The quantitative estimate of drug-likeness (QED) is 0.651. The van der Waals surface area contributed by atoms with Gasteiger partial charge in [0.2, 0.25) is 0 Å². The number of carboxylic acids is 2. The van der Waals surface area contributed by atoms with E-state index in [9.17, 15) is 24.9 Å². The van der Waals surface area contributed by atoms with Crippen LogP contribution in [0.4, 0.5) is 0 Å². The highest BCUT2D eigenvalue weighted by Gasteiger charge is 2.82. The van der Waals surface area contributed by atoms with Crippen LogP contribution in [0.25, 0.3) is 0 Å². The molecule has 3 unspecified atom stereocenters. The molecule has 0 aromatic rings. The molecule has 0 aromatic carbocycles. The number of ether oxygens (including phenoxy) is 1. The van der Waals surface area contributed by atoms with Gasteiger partial charge in [0.25, 0.3) is 0 Å². The molecule has 9 atom stereocenters. The first kappa shape index (κ1) is 16.8. The van der Waals surface area contributed by atoms with Crippen LogP contribution in [-0.4, -0.2) is 39.7 Å². The molecule has 6 fully saturated rings. The molecule has 6 heteroatoms. The average Bonchev–Trinajstić information content (AvgIpc) is 2.98. The zero-order chi connectivity index (χ0) is 18.6. The number of aliphatic hydroxyl groups is 1. The van der Waals surface area contributed by atoms with E-state index < -0.39 is 52.4 Å². The Kier molecular flexibility index (Phi) is 3.03. The summed E-state index contributed by atoms with van der Waals surface area (Å²) in [5.74, 6) is -2.99. The Morgan fingerprint density at radius 1 is 1.23 bits per heavy atom. The average molecular weight is 362 g/mol. The fourth-order valence-electron chi connectivity index (χ4n) is 8.30. The molecular formula is C20H26O6. The molecular weight excluding hydrogens is 336 g/mol. The lowest BCUT2D eigenvalue weighted by molar-refractivity contribution is -0.335. The number of carboxylic acid groups (broad SMARTS) is 2. The molecule has 0 aromatic heterocycles. The summed E-state index contributed by atoms with van der Waals surface area (Å²) in [6.45, 7) is 5.86. The molecule has 6 aliphatic rings. The van der Waals surface area contributed by atoms with Crippen LogP contribution >= 0.6 is 0 Å². The van der Waals surface area contributed by atoms with Crippen LogP contribution in [-0.2, 0) is 14.3 Å². The van der Waals surface area contributed by atoms with Gasteiger partial charge < -0.3 is 20.1 Å². The maximum absolute atomic E-state index is 12.5. The van der Waals surface area contributed by atoms with E-state index in [4.69, 9.17) is 4.74 Å². The molecule has 142 valence electrons. The minimum absolute atomic E-state index is 0.0217. The number of carbonyl (C=O) groups is 2. The van der Waals surface area contributed by atoms with Gasteiger partial charge in [0, 0.05) is 11.3 Å². The SMILES string of the molecule is C=C1C[C@]23C[C@H]1CCC2[C@@]12CC[C@@H](OC1O)[C@@](C)(C(=O)O)C2[C@@H]3C(=O)O. The predicted octanol–water partition coefficient (Wildman–Crippen LogP) is 2.27. The monoisotopic (exact) mass is 362 g/mol. The van der Waals surface area contributed by atoms with Crippen LogP contribution in [0.3, 0.4) is 0 Å². The second kappa shape index (κ2) is 4.71. The number of hydrogen-bond donors (Lipinski definition) is 3. The van der Waals surface area contributed by atoms with Gasteiger partial charge in [-0.1, -0.05) is 12.2 Å². The van der Waals surface area contributed by atoms with Crippen LogP contribution < -0.4 is 0 Å². The molecule has 2 heterocycles. The van der Waals surface area contributed by atoms with Crippen molar-refractivity contribution in [3.8, 4) is 0 Å². The summed E-state index contributed by atoms with van der Waals surface area (Å²) in [5.41, 5.74) is -1.45. The van der Waals surface area contributed by atoms with Gasteiger partial charge in [-0.2, -0.15) is 0 Å². The molecule has 2 spiro atoms. The summed E-state index contributed by atoms with van der Waals surface area (Å²) < 4.78 is 5.83. The van der Waals surface area contributed by atoms with Crippen LogP contribution in [0.15, 0.2) is 12.2 Å². The minimum Gasteiger partial charge on any atom is -0.481 e. The third-order valence-corrected chi connectivity index (χ3v) is 9.07. The Balaban J connectivity index is 1.78. The Morgan fingerprint density at radius 3 is 2.58 bits per heavy atom. The van der Waals surface area contributed by atoms with E-state index in [0.717, 1.165) is 24.8 Å². The molecule has 4 aliphatic carbocycles. The summed E-state index contributed by atoms with van der Waals surface area (Å²) >= 11 is 0. The van der Waals surface area contributed by atoms with Crippen LogP contribution in [0.5, 0.6) is 0 Å². The largest absolute Gasteiger partial charge is 0.481 e. The smallest absolute Gasteiger partial charge is 0.312 e.